The first-order chi connectivity index (χ1) is 16.4. The van der Waals surface area contributed by atoms with Crippen molar-refractivity contribution in [3.8, 4) is 23.0 Å². The molecule has 0 bridgehead atoms. The Morgan fingerprint density at radius 1 is 1.03 bits per heavy atom. The Hall–Kier alpha value is -3.92. The molecule has 1 atom stereocenters. The van der Waals surface area contributed by atoms with E-state index in [0.29, 0.717) is 56.5 Å². The van der Waals surface area contributed by atoms with Crippen LogP contribution in [-0.4, -0.2) is 49.1 Å². The van der Waals surface area contributed by atoms with Gasteiger partial charge in [-0.05, 0) is 19.1 Å². The van der Waals surface area contributed by atoms with Crippen LogP contribution in [0, 0.1) is 0 Å². The van der Waals surface area contributed by atoms with Crippen molar-refractivity contribution in [2.75, 3.05) is 39.1 Å². The maximum absolute atomic E-state index is 13.7. The summed E-state index contributed by atoms with van der Waals surface area (Å²) in [5, 5.41) is 10.8. The number of anilines is 2. The summed E-state index contributed by atoms with van der Waals surface area (Å²) in [4.78, 5) is 18.0. The summed E-state index contributed by atoms with van der Waals surface area (Å²) >= 11 is 6.21. The molecule has 0 aliphatic carbocycles. The van der Waals surface area contributed by atoms with Crippen LogP contribution in [0.15, 0.2) is 47.9 Å². The molecule has 1 amide bonds. The Labute approximate surface area is 201 Å². The van der Waals surface area contributed by atoms with Gasteiger partial charge in [0.25, 0.3) is 5.91 Å². The van der Waals surface area contributed by atoms with E-state index in [9.17, 15) is 4.79 Å². The first-order valence-electron chi connectivity index (χ1n) is 10.2. The number of nitrogens with zero attached hydrogens (tertiary/aromatic N) is 3. The highest BCUT2D eigenvalue weighted by atomic mass is 35.5. The molecule has 0 saturated carbocycles. The van der Waals surface area contributed by atoms with Gasteiger partial charge < -0.3 is 29.6 Å². The molecule has 1 aliphatic heterocycles. The molecule has 1 aromatic heterocycles. The summed E-state index contributed by atoms with van der Waals surface area (Å²) < 4.78 is 23.3. The molecule has 34 heavy (non-hydrogen) atoms. The summed E-state index contributed by atoms with van der Waals surface area (Å²) in [6.07, 6.45) is 1.42. The average Bonchev–Trinajstić information content (AvgIpc) is 3.31. The van der Waals surface area contributed by atoms with E-state index < -0.39 is 6.04 Å². The fraction of sp³-hybridized carbons (Fsp3) is 0.261. The molecule has 3 aromatic rings. The topological polar surface area (TPSA) is 109 Å². The van der Waals surface area contributed by atoms with Gasteiger partial charge in [0.2, 0.25) is 5.95 Å². The van der Waals surface area contributed by atoms with Crippen molar-refractivity contribution in [2.24, 2.45) is 0 Å². The third-order valence-corrected chi connectivity index (χ3v) is 5.79. The minimum absolute atomic E-state index is 0.361. The summed E-state index contributed by atoms with van der Waals surface area (Å²) in [7, 11) is 6.12. The Balaban J connectivity index is 1.81. The number of methoxy groups -OCH3 is 4. The smallest absolute Gasteiger partial charge is 0.255 e. The number of aromatic nitrogens is 3. The number of hydrogen-bond donors (Lipinski definition) is 2. The zero-order valence-electron chi connectivity index (χ0n) is 19.3. The molecule has 1 aliphatic rings. The highest BCUT2D eigenvalue weighted by Crippen LogP contribution is 2.41. The zero-order chi connectivity index (χ0) is 24.4. The van der Waals surface area contributed by atoms with Crippen molar-refractivity contribution in [1.29, 1.82) is 0 Å². The minimum atomic E-state index is -0.625. The van der Waals surface area contributed by atoms with Gasteiger partial charge in [0.05, 0.1) is 44.7 Å². The molecule has 0 saturated heterocycles. The second kappa shape index (κ2) is 9.52. The monoisotopic (exact) mass is 485 g/mol. The van der Waals surface area contributed by atoms with E-state index in [4.69, 9.17) is 30.5 Å². The summed E-state index contributed by atoms with van der Waals surface area (Å²) in [5.41, 5.74) is 2.14. The van der Waals surface area contributed by atoms with Gasteiger partial charge in [-0.1, -0.05) is 11.6 Å². The van der Waals surface area contributed by atoms with Gasteiger partial charge in [0, 0.05) is 29.5 Å². The lowest BCUT2D eigenvalue weighted by Crippen LogP contribution is -2.31. The molecule has 0 spiro atoms. The minimum Gasteiger partial charge on any atom is -0.497 e. The van der Waals surface area contributed by atoms with Crippen molar-refractivity contribution in [3.05, 3.63) is 58.5 Å². The third-order valence-electron chi connectivity index (χ3n) is 5.50. The normalized spacial score (nSPS) is 14.7. The molecule has 10 nitrogen and oxygen atoms in total. The molecular weight excluding hydrogens is 462 g/mol. The summed E-state index contributed by atoms with van der Waals surface area (Å²) in [5.74, 6) is 2.08. The van der Waals surface area contributed by atoms with E-state index in [-0.39, 0.29) is 5.91 Å². The molecule has 11 heteroatoms. The van der Waals surface area contributed by atoms with Gasteiger partial charge >= 0.3 is 0 Å². The molecule has 0 unspecified atom stereocenters. The molecule has 0 radical (unpaired) electrons. The number of carbonyl (C=O) groups is 1. The van der Waals surface area contributed by atoms with Crippen molar-refractivity contribution >= 4 is 29.1 Å². The van der Waals surface area contributed by atoms with E-state index in [1.165, 1.54) is 20.5 Å². The van der Waals surface area contributed by atoms with Crippen LogP contribution in [-0.2, 0) is 4.79 Å². The number of allylic oxidation sites excluding steroid dienone is 1. The van der Waals surface area contributed by atoms with Gasteiger partial charge in [0.1, 0.15) is 35.4 Å². The lowest BCUT2D eigenvalue weighted by molar-refractivity contribution is -0.113. The average molecular weight is 486 g/mol. The maximum Gasteiger partial charge on any atom is 0.255 e. The summed E-state index contributed by atoms with van der Waals surface area (Å²) in [6, 6.07) is 7.96. The second-order valence-electron chi connectivity index (χ2n) is 7.34. The highest BCUT2D eigenvalue weighted by Gasteiger charge is 2.35. The number of halogens is 1. The van der Waals surface area contributed by atoms with Crippen LogP contribution in [0.4, 0.5) is 11.6 Å². The van der Waals surface area contributed by atoms with E-state index in [2.05, 4.69) is 20.7 Å². The number of benzene rings is 2. The fourth-order valence-electron chi connectivity index (χ4n) is 3.86. The van der Waals surface area contributed by atoms with E-state index in [1.54, 1.807) is 50.1 Å². The first kappa shape index (κ1) is 23.2. The van der Waals surface area contributed by atoms with E-state index in [1.807, 2.05) is 6.07 Å². The largest absolute Gasteiger partial charge is 0.497 e. The number of hydrogen-bond acceptors (Lipinski definition) is 8. The molecule has 178 valence electrons. The standard InChI is InChI=1S/C23H24ClN5O5/c1-12-20(22(30)28-16-10-18(33-4)15(24)9-19(16)34-5)21(29-23(27-12)25-11-26-29)14-7-6-13(31-2)8-17(14)32-3/h6-11,21H,1-5H3,(H,28,30)(H,25,26,27)/t21-/m0/s1. The zero-order valence-corrected chi connectivity index (χ0v) is 20.1. The van der Waals surface area contributed by atoms with Crippen molar-refractivity contribution in [3.63, 3.8) is 0 Å². The fourth-order valence-corrected chi connectivity index (χ4v) is 4.10. The van der Waals surface area contributed by atoms with Crippen LogP contribution in [0.3, 0.4) is 0 Å². The Bertz CT molecular complexity index is 1270. The Kier molecular flexibility index (Phi) is 6.51. The molecule has 4 rings (SSSR count). The van der Waals surface area contributed by atoms with Gasteiger partial charge in [0.15, 0.2) is 0 Å². The number of amides is 1. The van der Waals surface area contributed by atoms with E-state index in [0.717, 1.165) is 0 Å². The second-order valence-corrected chi connectivity index (χ2v) is 7.75. The quantitative estimate of drug-likeness (QED) is 0.518. The van der Waals surface area contributed by atoms with Gasteiger partial charge in [-0.15, -0.1) is 0 Å². The lowest BCUT2D eigenvalue weighted by Gasteiger charge is -2.29. The predicted molar refractivity (Wildman–Crippen MR) is 127 cm³/mol. The highest BCUT2D eigenvalue weighted by molar-refractivity contribution is 6.32. The van der Waals surface area contributed by atoms with Gasteiger partial charge in [-0.3, -0.25) is 4.79 Å². The third kappa shape index (κ3) is 4.08. The molecule has 0 fully saturated rings. The Morgan fingerprint density at radius 2 is 1.76 bits per heavy atom. The van der Waals surface area contributed by atoms with Crippen LogP contribution in [0.5, 0.6) is 23.0 Å². The number of carbonyl (C=O) groups excluding carboxylic acids is 1. The van der Waals surface area contributed by atoms with Crippen LogP contribution in [0.25, 0.3) is 0 Å². The predicted octanol–water partition coefficient (Wildman–Crippen LogP) is 3.89. The van der Waals surface area contributed by atoms with Crippen LogP contribution in [0.1, 0.15) is 18.5 Å². The maximum atomic E-state index is 13.7. The first-order valence-corrected chi connectivity index (χ1v) is 10.6. The van der Waals surface area contributed by atoms with Gasteiger partial charge in [-0.25, -0.2) is 4.68 Å². The molecular formula is C23H24ClN5O5. The Morgan fingerprint density at radius 3 is 2.44 bits per heavy atom. The lowest BCUT2D eigenvalue weighted by atomic mass is 9.94. The van der Waals surface area contributed by atoms with Gasteiger partial charge in [-0.2, -0.15) is 10.1 Å². The molecule has 2 aromatic carbocycles. The van der Waals surface area contributed by atoms with Crippen molar-refractivity contribution in [1.82, 2.24) is 14.8 Å². The number of rotatable bonds is 7. The molecule has 2 heterocycles. The number of fused-ring (bicyclic) bond motifs is 1. The van der Waals surface area contributed by atoms with Crippen molar-refractivity contribution < 1.29 is 23.7 Å². The van der Waals surface area contributed by atoms with Crippen LogP contribution < -0.4 is 29.6 Å². The number of nitrogens with one attached hydrogen (secondary N) is 2. The van der Waals surface area contributed by atoms with Crippen molar-refractivity contribution in [2.45, 2.75) is 13.0 Å². The van der Waals surface area contributed by atoms with Crippen LogP contribution >= 0.6 is 11.6 Å². The molecule has 2 N–H and O–H groups in total. The van der Waals surface area contributed by atoms with Crippen LogP contribution in [0.2, 0.25) is 5.02 Å². The SMILES string of the molecule is COc1ccc([C@H]2C(C(=O)Nc3cc(OC)c(Cl)cc3OC)=C(C)Nc3ncnn32)c(OC)c1. The summed E-state index contributed by atoms with van der Waals surface area (Å²) in [6.45, 7) is 1.80. The number of ether oxygens (including phenoxy) is 4. The van der Waals surface area contributed by atoms with E-state index >= 15 is 0 Å².